The number of rotatable bonds is 11. The number of nitrogens with one attached hydrogen (secondary N) is 2. The molecular formula is C33H43N3O5. The Labute approximate surface area is 242 Å². The molecule has 2 aromatic carbocycles. The van der Waals surface area contributed by atoms with Crippen LogP contribution in [-0.4, -0.2) is 53.9 Å². The molecule has 2 saturated carbocycles. The van der Waals surface area contributed by atoms with E-state index in [2.05, 4.69) is 10.6 Å². The molecule has 0 spiro atoms. The van der Waals surface area contributed by atoms with Crippen molar-refractivity contribution in [2.45, 2.75) is 83.5 Å². The van der Waals surface area contributed by atoms with E-state index in [0.717, 1.165) is 17.9 Å². The molecule has 5 rings (SSSR count). The number of aliphatic hydroxyl groups excluding tert-OH is 1. The average molecular weight is 562 g/mol. The second-order valence-corrected chi connectivity index (χ2v) is 12.6. The molecule has 7 atom stereocenters. The van der Waals surface area contributed by atoms with Gasteiger partial charge in [-0.3, -0.25) is 14.5 Å². The number of anilines is 1. The quantitative estimate of drug-likeness (QED) is 0.369. The monoisotopic (exact) mass is 561 g/mol. The highest BCUT2D eigenvalue weighted by Gasteiger charge is 2.41. The predicted octanol–water partition coefficient (Wildman–Crippen LogP) is 4.70. The number of fused-ring (bicyclic) bond motifs is 2. The summed E-state index contributed by atoms with van der Waals surface area (Å²) in [5, 5.41) is 17.6. The molecule has 2 aromatic rings. The fourth-order valence-electron chi connectivity index (χ4n) is 6.80. The summed E-state index contributed by atoms with van der Waals surface area (Å²) in [5.74, 6) is 0.739. The fourth-order valence-corrected chi connectivity index (χ4v) is 6.80. The van der Waals surface area contributed by atoms with Crippen molar-refractivity contribution in [3.05, 3.63) is 65.7 Å². The van der Waals surface area contributed by atoms with Crippen molar-refractivity contribution in [2.75, 3.05) is 11.5 Å². The molecule has 0 radical (unpaired) electrons. The van der Waals surface area contributed by atoms with Crippen molar-refractivity contribution in [1.29, 1.82) is 0 Å². The van der Waals surface area contributed by atoms with Crippen molar-refractivity contribution in [2.24, 2.45) is 23.7 Å². The van der Waals surface area contributed by atoms with E-state index < -0.39 is 24.2 Å². The Morgan fingerprint density at radius 1 is 1.05 bits per heavy atom. The summed E-state index contributed by atoms with van der Waals surface area (Å²) in [7, 11) is 0. The van der Waals surface area contributed by atoms with Gasteiger partial charge in [-0.2, -0.15) is 0 Å². The lowest BCUT2D eigenvalue weighted by Gasteiger charge is -2.28. The number of hydrogen-bond acceptors (Lipinski definition) is 5. The number of benzene rings is 2. The number of ether oxygens (including phenoxy) is 1. The first-order chi connectivity index (χ1) is 19.7. The molecule has 1 aliphatic heterocycles. The third-order valence-corrected chi connectivity index (χ3v) is 9.25. The SMILES string of the molecule is CC(C)C1COC(=O)N1c1cccc(C(=O)N[C@@H](Cc2ccccc2)[C@@H](O)C[C@@H](C)C(=O)NC2CC3CCC2C3)c1. The smallest absolute Gasteiger partial charge is 0.414 e. The van der Waals surface area contributed by atoms with E-state index >= 15 is 0 Å². The van der Waals surface area contributed by atoms with Gasteiger partial charge in [0.25, 0.3) is 5.91 Å². The fraction of sp³-hybridized carbons (Fsp3) is 0.545. The first-order valence-corrected chi connectivity index (χ1v) is 15.1. The number of nitrogens with zero attached hydrogens (tertiary/aromatic N) is 1. The van der Waals surface area contributed by atoms with E-state index in [1.807, 2.05) is 51.1 Å². The normalized spacial score (nSPS) is 25.6. The lowest BCUT2D eigenvalue weighted by Crippen LogP contribution is -2.47. The molecule has 3 aliphatic rings. The third-order valence-electron chi connectivity index (χ3n) is 9.25. The van der Waals surface area contributed by atoms with Crippen molar-refractivity contribution in [1.82, 2.24) is 10.6 Å². The van der Waals surface area contributed by atoms with Crippen LogP contribution in [0, 0.1) is 23.7 Å². The molecule has 2 bridgehead atoms. The van der Waals surface area contributed by atoms with Gasteiger partial charge in [0.15, 0.2) is 0 Å². The molecule has 1 heterocycles. The summed E-state index contributed by atoms with van der Waals surface area (Å²) >= 11 is 0. The van der Waals surface area contributed by atoms with Gasteiger partial charge in [0.05, 0.1) is 18.2 Å². The summed E-state index contributed by atoms with van der Waals surface area (Å²) in [5.41, 5.74) is 1.96. The average Bonchev–Trinajstić information content (AvgIpc) is 3.69. The van der Waals surface area contributed by atoms with Gasteiger partial charge in [0, 0.05) is 23.2 Å². The Hall–Kier alpha value is -3.39. The van der Waals surface area contributed by atoms with Crippen LogP contribution in [0.25, 0.3) is 0 Å². The maximum atomic E-state index is 13.5. The molecule has 3 N–H and O–H groups in total. The van der Waals surface area contributed by atoms with Crippen LogP contribution in [0.3, 0.4) is 0 Å². The third kappa shape index (κ3) is 6.75. The lowest BCUT2D eigenvalue weighted by atomic mass is 9.91. The molecule has 220 valence electrons. The van der Waals surface area contributed by atoms with Gasteiger partial charge in [-0.25, -0.2) is 4.79 Å². The Morgan fingerprint density at radius 3 is 2.51 bits per heavy atom. The zero-order valence-corrected chi connectivity index (χ0v) is 24.3. The van der Waals surface area contributed by atoms with Gasteiger partial charge in [-0.05, 0) is 73.6 Å². The number of hydrogen-bond donors (Lipinski definition) is 3. The van der Waals surface area contributed by atoms with Gasteiger partial charge in [0.2, 0.25) is 5.91 Å². The number of aliphatic hydroxyl groups is 1. The highest BCUT2D eigenvalue weighted by molar-refractivity contribution is 5.97. The van der Waals surface area contributed by atoms with Gasteiger partial charge < -0.3 is 20.5 Å². The molecule has 41 heavy (non-hydrogen) atoms. The second kappa shape index (κ2) is 12.6. The largest absolute Gasteiger partial charge is 0.447 e. The Balaban J connectivity index is 1.27. The van der Waals surface area contributed by atoms with Gasteiger partial charge in [0.1, 0.15) is 6.61 Å². The van der Waals surface area contributed by atoms with Crippen LogP contribution in [0.2, 0.25) is 0 Å². The van der Waals surface area contributed by atoms with Crippen LogP contribution in [0.5, 0.6) is 0 Å². The minimum Gasteiger partial charge on any atom is -0.447 e. The molecule has 4 unspecified atom stereocenters. The minimum atomic E-state index is -0.929. The second-order valence-electron chi connectivity index (χ2n) is 12.6. The van der Waals surface area contributed by atoms with Crippen LogP contribution in [-0.2, 0) is 16.0 Å². The molecule has 3 amide bonds. The first kappa shape index (κ1) is 29.1. The molecule has 0 aromatic heterocycles. The molecule has 1 saturated heterocycles. The van der Waals surface area contributed by atoms with Crippen molar-refractivity contribution in [3.63, 3.8) is 0 Å². The van der Waals surface area contributed by atoms with Gasteiger partial charge in [-0.1, -0.05) is 63.6 Å². The van der Waals surface area contributed by atoms with Crippen molar-refractivity contribution in [3.8, 4) is 0 Å². The van der Waals surface area contributed by atoms with E-state index in [-0.39, 0.29) is 36.2 Å². The molecule has 3 fully saturated rings. The topological polar surface area (TPSA) is 108 Å². The molecule has 2 aliphatic carbocycles. The summed E-state index contributed by atoms with van der Waals surface area (Å²) in [6, 6.07) is 16.2. The highest BCUT2D eigenvalue weighted by Crippen LogP contribution is 2.44. The standard InChI is InChI=1S/C33H43N3O5/c1-20(2)29-19-41-33(40)36(29)26-11-7-10-25(18-26)32(39)35-28(16-22-8-5-4-6-9-22)30(37)14-21(3)31(38)34-27-17-23-12-13-24(27)15-23/h4-11,18,20-21,23-24,27-30,37H,12-17,19H2,1-3H3,(H,34,38)(H,35,39)/t21-,23?,24?,27?,28+,29?,30+/m1/s1. The maximum absolute atomic E-state index is 13.5. The van der Waals surface area contributed by atoms with Gasteiger partial charge >= 0.3 is 6.09 Å². The molecule has 8 nitrogen and oxygen atoms in total. The predicted molar refractivity (Wildman–Crippen MR) is 157 cm³/mol. The number of carbonyl (C=O) groups excluding carboxylic acids is 3. The molecule has 8 heteroatoms. The summed E-state index contributed by atoms with van der Waals surface area (Å²) in [4.78, 5) is 40.6. The van der Waals surface area contributed by atoms with Crippen LogP contribution in [0.15, 0.2) is 54.6 Å². The highest BCUT2D eigenvalue weighted by atomic mass is 16.6. The summed E-state index contributed by atoms with van der Waals surface area (Å²) in [6.07, 6.45) is 4.04. The Morgan fingerprint density at radius 2 is 1.83 bits per heavy atom. The van der Waals surface area contributed by atoms with Crippen LogP contribution >= 0.6 is 0 Å². The van der Waals surface area contributed by atoms with Crippen LogP contribution < -0.4 is 15.5 Å². The van der Waals surface area contributed by atoms with Crippen molar-refractivity contribution < 1.29 is 24.2 Å². The zero-order valence-electron chi connectivity index (χ0n) is 24.3. The van der Waals surface area contributed by atoms with Gasteiger partial charge in [-0.15, -0.1) is 0 Å². The summed E-state index contributed by atoms with van der Waals surface area (Å²) in [6.45, 7) is 6.22. The van der Waals surface area contributed by atoms with E-state index in [9.17, 15) is 19.5 Å². The van der Waals surface area contributed by atoms with E-state index in [1.165, 1.54) is 19.3 Å². The summed E-state index contributed by atoms with van der Waals surface area (Å²) < 4.78 is 5.29. The zero-order chi connectivity index (χ0) is 29.1. The van der Waals surface area contributed by atoms with E-state index in [1.54, 1.807) is 29.2 Å². The van der Waals surface area contributed by atoms with E-state index in [4.69, 9.17) is 4.74 Å². The Kier molecular flexibility index (Phi) is 8.97. The Bertz CT molecular complexity index is 1230. The number of cyclic esters (lactones) is 1. The number of amides is 3. The maximum Gasteiger partial charge on any atom is 0.414 e. The van der Waals surface area contributed by atoms with Crippen molar-refractivity contribution >= 4 is 23.6 Å². The van der Waals surface area contributed by atoms with Crippen LogP contribution in [0.1, 0.15) is 68.8 Å². The lowest BCUT2D eigenvalue weighted by molar-refractivity contribution is -0.126. The number of carbonyl (C=O) groups is 3. The van der Waals surface area contributed by atoms with E-state index in [0.29, 0.717) is 30.2 Å². The minimum absolute atomic E-state index is 0.0312. The van der Waals surface area contributed by atoms with Crippen LogP contribution in [0.4, 0.5) is 10.5 Å². The first-order valence-electron chi connectivity index (χ1n) is 15.1. The molecular weight excluding hydrogens is 518 g/mol.